The number of rotatable bonds is 4. The van der Waals surface area contributed by atoms with Gasteiger partial charge in [0.1, 0.15) is 11.5 Å². The van der Waals surface area contributed by atoms with Gasteiger partial charge in [-0.2, -0.15) is 0 Å². The Morgan fingerprint density at radius 3 is 2.16 bits per heavy atom. The Bertz CT molecular complexity index is 968. The number of ketones is 1. The van der Waals surface area contributed by atoms with Crippen molar-refractivity contribution >= 4 is 16.8 Å². The normalized spacial score (nSPS) is 11.0. The van der Waals surface area contributed by atoms with Gasteiger partial charge in [0.25, 0.3) is 0 Å². The van der Waals surface area contributed by atoms with E-state index in [4.69, 9.17) is 9.15 Å². The zero-order valence-corrected chi connectivity index (χ0v) is 13.5. The molecule has 3 aromatic rings. The van der Waals surface area contributed by atoms with Crippen molar-refractivity contribution in [3.05, 3.63) is 41.2 Å². The Morgan fingerprint density at radius 1 is 1.00 bits per heavy atom. The number of benzene rings is 2. The predicted molar refractivity (Wildman–Crippen MR) is 88.7 cm³/mol. The number of carbonyl (C=O) groups excluding carboxylic acids is 1. The summed E-state index contributed by atoms with van der Waals surface area (Å²) in [6.45, 7) is 1.73. The van der Waals surface area contributed by atoms with Gasteiger partial charge in [-0.25, -0.2) is 0 Å². The third-order valence-corrected chi connectivity index (χ3v) is 4.01. The number of fused-ring (bicyclic) bond motifs is 1. The van der Waals surface area contributed by atoms with Crippen LogP contribution in [0.4, 0.5) is 0 Å². The number of aryl methyl sites for hydroxylation is 1. The van der Waals surface area contributed by atoms with Crippen molar-refractivity contribution in [3.8, 4) is 28.7 Å². The molecule has 0 fully saturated rings. The molecule has 1 heterocycles. The first kappa shape index (κ1) is 16.5. The fraction of sp³-hybridized carbons (Fsp3) is 0.167. The summed E-state index contributed by atoms with van der Waals surface area (Å²) in [4.78, 5) is 12.9. The molecule has 0 bridgehead atoms. The van der Waals surface area contributed by atoms with Gasteiger partial charge in [0, 0.05) is 12.0 Å². The average Bonchev–Trinajstić information content (AvgIpc) is 3.04. The summed E-state index contributed by atoms with van der Waals surface area (Å²) in [6, 6.07) is 6.33. The number of hydrogen-bond acceptors (Lipinski definition) is 7. The maximum absolute atomic E-state index is 12.9. The SMILES string of the molecule is CCc1oc2c(O)c(O)c(O)c(O)c2c1C(=O)c1ccc(OC)cc1. The maximum atomic E-state index is 12.9. The van der Waals surface area contributed by atoms with E-state index in [1.165, 1.54) is 7.11 Å². The largest absolute Gasteiger partial charge is 0.504 e. The van der Waals surface area contributed by atoms with Crippen LogP contribution in [0.15, 0.2) is 28.7 Å². The molecule has 0 saturated carbocycles. The quantitative estimate of drug-likeness (QED) is 0.326. The van der Waals surface area contributed by atoms with E-state index in [1.54, 1.807) is 31.2 Å². The molecule has 130 valence electrons. The molecule has 2 aromatic carbocycles. The first-order valence-electron chi connectivity index (χ1n) is 7.50. The Kier molecular flexibility index (Phi) is 3.92. The Morgan fingerprint density at radius 2 is 1.60 bits per heavy atom. The zero-order valence-electron chi connectivity index (χ0n) is 13.5. The van der Waals surface area contributed by atoms with Crippen molar-refractivity contribution in [2.45, 2.75) is 13.3 Å². The molecule has 0 aliphatic rings. The van der Waals surface area contributed by atoms with Crippen molar-refractivity contribution in [1.29, 1.82) is 0 Å². The lowest BCUT2D eigenvalue weighted by molar-refractivity contribution is 0.103. The van der Waals surface area contributed by atoms with Crippen molar-refractivity contribution in [2.24, 2.45) is 0 Å². The highest BCUT2D eigenvalue weighted by Crippen LogP contribution is 2.51. The summed E-state index contributed by atoms with van der Waals surface area (Å²) in [5.74, 6) is -2.97. The first-order valence-corrected chi connectivity index (χ1v) is 7.50. The van der Waals surface area contributed by atoms with Crippen LogP contribution in [0.1, 0.15) is 28.6 Å². The minimum Gasteiger partial charge on any atom is -0.504 e. The second-order valence-corrected chi connectivity index (χ2v) is 5.41. The highest BCUT2D eigenvalue weighted by molar-refractivity contribution is 6.19. The molecule has 1 aromatic heterocycles. The van der Waals surface area contributed by atoms with Crippen molar-refractivity contribution in [3.63, 3.8) is 0 Å². The van der Waals surface area contributed by atoms with Crippen molar-refractivity contribution in [2.75, 3.05) is 7.11 Å². The molecule has 0 aliphatic carbocycles. The summed E-state index contributed by atoms with van der Waals surface area (Å²) in [5, 5.41) is 39.4. The topological polar surface area (TPSA) is 120 Å². The minimum absolute atomic E-state index is 0.0192. The molecule has 25 heavy (non-hydrogen) atoms. The Labute approximate surface area is 142 Å². The van der Waals surface area contributed by atoms with Crippen LogP contribution in [0.2, 0.25) is 0 Å². The highest BCUT2D eigenvalue weighted by Gasteiger charge is 2.29. The molecule has 7 nitrogen and oxygen atoms in total. The van der Waals surface area contributed by atoms with Gasteiger partial charge < -0.3 is 29.6 Å². The third-order valence-electron chi connectivity index (χ3n) is 4.01. The molecule has 0 atom stereocenters. The summed E-state index contributed by atoms with van der Waals surface area (Å²) in [6.07, 6.45) is 0.298. The fourth-order valence-electron chi connectivity index (χ4n) is 2.70. The van der Waals surface area contributed by atoms with E-state index in [2.05, 4.69) is 0 Å². The summed E-state index contributed by atoms with van der Waals surface area (Å²) in [7, 11) is 1.51. The molecule has 0 amide bonds. The monoisotopic (exact) mass is 344 g/mol. The highest BCUT2D eigenvalue weighted by atomic mass is 16.5. The number of methoxy groups -OCH3 is 1. The lowest BCUT2D eigenvalue weighted by atomic mass is 9.98. The molecular formula is C18H16O7. The lowest BCUT2D eigenvalue weighted by Gasteiger charge is -2.06. The molecule has 0 saturated heterocycles. The number of hydrogen-bond donors (Lipinski definition) is 4. The lowest BCUT2D eigenvalue weighted by Crippen LogP contribution is -2.03. The van der Waals surface area contributed by atoms with Gasteiger partial charge in [0.2, 0.25) is 17.2 Å². The van der Waals surface area contributed by atoms with E-state index in [-0.39, 0.29) is 22.3 Å². The van der Waals surface area contributed by atoms with Gasteiger partial charge in [0.05, 0.1) is 18.1 Å². The number of carbonyl (C=O) groups is 1. The Hall–Kier alpha value is -3.35. The third kappa shape index (κ3) is 2.40. The van der Waals surface area contributed by atoms with Crippen LogP contribution in [0.3, 0.4) is 0 Å². The van der Waals surface area contributed by atoms with E-state index in [0.29, 0.717) is 17.7 Å². The van der Waals surface area contributed by atoms with Crippen LogP contribution in [0, 0.1) is 0 Å². The van der Waals surface area contributed by atoms with Gasteiger partial charge in [-0.15, -0.1) is 0 Å². The molecule has 0 unspecified atom stereocenters. The van der Waals surface area contributed by atoms with E-state index in [0.717, 1.165) is 0 Å². The summed E-state index contributed by atoms with van der Waals surface area (Å²) < 4.78 is 10.5. The first-order chi connectivity index (χ1) is 11.9. The number of ether oxygens (including phenoxy) is 1. The van der Waals surface area contributed by atoms with E-state index >= 15 is 0 Å². The zero-order chi connectivity index (χ0) is 18.3. The predicted octanol–water partition coefficient (Wildman–Crippen LogP) is 3.06. The summed E-state index contributed by atoms with van der Waals surface area (Å²) in [5.41, 5.74) is 0.0666. The van der Waals surface area contributed by atoms with Gasteiger partial charge in [-0.3, -0.25) is 4.79 Å². The van der Waals surface area contributed by atoms with Crippen molar-refractivity contribution < 1.29 is 34.4 Å². The number of phenolic OH excluding ortho intramolecular Hbond substituents is 4. The van der Waals surface area contributed by atoms with Crippen LogP contribution in [0.25, 0.3) is 11.0 Å². The molecule has 0 spiro atoms. The smallest absolute Gasteiger partial charge is 0.208 e. The fourth-order valence-corrected chi connectivity index (χ4v) is 2.70. The van der Waals surface area contributed by atoms with Gasteiger partial charge in [-0.05, 0) is 24.3 Å². The van der Waals surface area contributed by atoms with E-state index in [9.17, 15) is 25.2 Å². The number of aromatic hydroxyl groups is 4. The van der Waals surface area contributed by atoms with E-state index in [1.807, 2.05) is 0 Å². The van der Waals surface area contributed by atoms with E-state index < -0.39 is 28.8 Å². The van der Waals surface area contributed by atoms with Gasteiger partial charge in [-0.1, -0.05) is 6.92 Å². The summed E-state index contributed by atoms with van der Waals surface area (Å²) >= 11 is 0. The number of phenols is 4. The molecule has 3 rings (SSSR count). The molecular weight excluding hydrogens is 328 g/mol. The average molecular weight is 344 g/mol. The van der Waals surface area contributed by atoms with Crippen molar-refractivity contribution in [1.82, 2.24) is 0 Å². The van der Waals surface area contributed by atoms with Crippen LogP contribution in [0.5, 0.6) is 28.7 Å². The standard InChI is InChI=1S/C18H16O7/c1-3-10-11(13(19)8-4-6-9(24-2)7-5-8)12-14(20)15(21)16(22)17(23)18(12)25-10/h4-7,20-23H,3H2,1-2H3. The minimum atomic E-state index is -0.919. The Balaban J connectivity index is 2.28. The van der Waals surface area contributed by atoms with Crippen LogP contribution < -0.4 is 4.74 Å². The molecule has 0 aliphatic heterocycles. The second-order valence-electron chi connectivity index (χ2n) is 5.41. The molecule has 4 N–H and O–H groups in total. The van der Waals surface area contributed by atoms with Crippen LogP contribution >= 0.6 is 0 Å². The van der Waals surface area contributed by atoms with Crippen LogP contribution in [-0.2, 0) is 6.42 Å². The maximum Gasteiger partial charge on any atom is 0.208 e. The molecule has 7 heteroatoms. The second kappa shape index (κ2) is 5.94. The van der Waals surface area contributed by atoms with Gasteiger partial charge in [0.15, 0.2) is 17.1 Å². The van der Waals surface area contributed by atoms with Gasteiger partial charge >= 0.3 is 0 Å². The van der Waals surface area contributed by atoms with Crippen LogP contribution in [-0.4, -0.2) is 33.3 Å². The number of furan rings is 1. The molecule has 0 radical (unpaired) electrons.